The number of nitrogens with one attached hydrogen (secondary N) is 1. The number of nitrogens with zero attached hydrogens (tertiary/aromatic N) is 4. The van der Waals surface area contributed by atoms with E-state index in [0.29, 0.717) is 30.3 Å². The van der Waals surface area contributed by atoms with Gasteiger partial charge in [0.1, 0.15) is 12.6 Å². The third kappa shape index (κ3) is 4.55. The molecule has 1 aliphatic heterocycles. The molecule has 1 spiro atoms. The van der Waals surface area contributed by atoms with Gasteiger partial charge in [0, 0.05) is 26.2 Å². The van der Waals surface area contributed by atoms with E-state index in [9.17, 15) is 0 Å². The van der Waals surface area contributed by atoms with Crippen LogP contribution in [-0.2, 0) is 11.3 Å². The van der Waals surface area contributed by atoms with E-state index < -0.39 is 0 Å². The van der Waals surface area contributed by atoms with Crippen molar-refractivity contribution in [2.75, 3.05) is 26.2 Å². The Morgan fingerprint density at radius 3 is 2.85 bits per heavy atom. The maximum absolute atomic E-state index is 5.51. The predicted octanol–water partition coefficient (Wildman–Crippen LogP) is 3.29. The Balaban J connectivity index is 1.62. The largest absolute Gasteiger partial charge is 0.371 e. The molecule has 0 aromatic carbocycles. The molecule has 146 valence electrons. The summed E-state index contributed by atoms with van der Waals surface area (Å²) in [5.74, 6) is 2.09. The molecule has 7 nitrogen and oxygen atoms in total. The molecule has 1 unspecified atom stereocenters. The minimum atomic E-state index is -0.153. The molecule has 2 aliphatic rings. The van der Waals surface area contributed by atoms with E-state index in [4.69, 9.17) is 14.3 Å². The first-order chi connectivity index (χ1) is 12.7. The molecule has 1 aromatic heterocycles. The van der Waals surface area contributed by atoms with Gasteiger partial charge < -0.3 is 19.5 Å². The van der Waals surface area contributed by atoms with Crippen LogP contribution in [0.4, 0.5) is 0 Å². The molecule has 1 atom stereocenters. The number of ether oxygens (including phenoxy) is 1. The number of hydrogen-bond donors (Lipinski definition) is 1. The number of guanidine groups is 1. The third-order valence-corrected chi connectivity index (χ3v) is 5.62. The standard InChI is InChI=1S/C19H33N5O2/c1-4-20-18(24-12-11-19(14-24)9-7-6-8-10-19)21-13-16-22-17(23-26-16)15(3)25-5-2/h15H,4-14H2,1-3H3,(H,20,21). The molecule has 2 fully saturated rings. The topological polar surface area (TPSA) is 75.8 Å². The second kappa shape index (κ2) is 8.84. The van der Waals surface area contributed by atoms with Crippen molar-refractivity contribution in [1.29, 1.82) is 0 Å². The van der Waals surface area contributed by atoms with Gasteiger partial charge in [0.15, 0.2) is 11.8 Å². The summed E-state index contributed by atoms with van der Waals surface area (Å²) in [4.78, 5) is 11.6. The first kappa shape index (κ1) is 19.1. The molecule has 1 aromatic rings. The maximum atomic E-state index is 5.51. The normalized spacial score (nSPS) is 21.3. The van der Waals surface area contributed by atoms with Crippen LogP contribution in [0, 0.1) is 5.41 Å². The van der Waals surface area contributed by atoms with Gasteiger partial charge in [-0.1, -0.05) is 24.4 Å². The van der Waals surface area contributed by atoms with Gasteiger partial charge in [-0.15, -0.1) is 0 Å². The molecule has 0 bridgehead atoms. The molecular weight excluding hydrogens is 330 g/mol. The number of hydrogen-bond acceptors (Lipinski definition) is 5. The minimum Gasteiger partial charge on any atom is -0.371 e. The van der Waals surface area contributed by atoms with E-state index >= 15 is 0 Å². The zero-order valence-electron chi connectivity index (χ0n) is 16.5. The second-order valence-corrected chi connectivity index (χ2v) is 7.55. The molecule has 26 heavy (non-hydrogen) atoms. The Kier molecular flexibility index (Phi) is 6.51. The number of rotatable bonds is 6. The maximum Gasteiger partial charge on any atom is 0.248 e. The van der Waals surface area contributed by atoms with Gasteiger partial charge in [-0.3, -0.25) is 0 Å². The first-order valence-electron chi connectivity index (χ1n) is 10.1. The summed E-state index contributed by atoms with van der Waals surface area (Å²) in [7, 11) is 0. The van der Waals surface area contributed by atoms with E-state index in [2.05, 4.69) is 27.3 Å². The van der Waals surface area contributed by atoms with Crippen molar-refractivity contribution in [3.05, 3.63) is 11.7 Å². The van der Waals surface area contributed by atoms with Gasteiger partial charge in [-0.25, -0.2) is 4.99 Å². The quantitative estimate of drug-likeness (QED) is 0.617. The Morgan fingerprint density at radius 1 is 1.31 bits per heavy atom. The van der Waals surface area contributed by atoms with E-state index in [1.54, 1.807) is 0 Å². The number of aromatic nitrogens is 2. The lowest BCUT2D eigenvalue weighted by Crippen LogP contribution is -2.41. The SMILES string of the molecule is CCNC(=NCc1nc(C(C)OCC)no1)N1CCC2(CCCCC2)C1. The highest BCUT2D eigenvalue weighted by Gasteiger charge is 2.39. The highest BCUT2D eigenvalue weighted by atomic mass is 16.5. The van der Waals surface area contributed by atoms with Gasteiger partial charge >= 0.3 is 0 Å². The van der Waals surface area contributed by atoms with Gasteiger partial charge in [-0.05, 0) is 45.4 Å². The van der Waals surface area contributed by atoms with Crippen molar-refractivity contribution in [3.8, 4) is 0 Å². The van der Waals surface area contributed by atoms with Gasteiger partial charge in [-0.2, -0.15) is 4.98 Å². The van der Waals surface area contributed by atoms with Crippen molar-refractivity contribution in [2.45, 2.75) is 71.9 Å². The zero-order valence-corrected chi connectivity index (χ0v) is 16.5. The highest BCUT2D eigenvalue weighted by molar-refractivity contribution is 5.80. The van der Waals surface area contributed by atoms with Crippen LogP contribution >= 0.6 is 0 Å². The molecule has 1 saturated heterocycles. The summed E-state index contributed by atoms with van der Waals surface area (Å²) in [6, 6.07) is 0. The van der Waals surface area contributed by atoms with Crippen molar-refractivity contribution < 1.29 is 9.26 Å². The van der Waals surface area contributed by atoms with Crippen molar-refractivity contribution in [3.63, 3.8) is 0 Å². The smallest absolute Gasteiger partial charge is 0.248 e. The molecule has 1 saturated carbocycles. The lowest BCUT2D eigenvalue weighted by atomic mass is 9.73. The summed E-state index contributed by atoms with van der Waals surface area (Å²) >= 11 is 0. The van der Waals surface area contributed by atoms with Crippen LogP contribution in [0.15, 0.2) is 9.52 Å². The number of likely N-dealkylation sites (tertiary alicyclic amines) is 1. The molecule has 1 N–H and O–H groups in total. The van der Waals surface area contributed by atoms with Crippen LogP contribution < -0.4 is 5.32 Å². The molecule has 3 rings (SSSR count). The van der Waals surface area contributed by atoms with Crippen molar-refractivity contribution in [1.82, 2.24) is 20.4 Å². The van der Waals surface area contributed by atoms with Crippen LogP contribution in [0.5, 0.6) is 0 Å². The Hall–Kier alpha value is -1.63. The average Bonchev–Trinajstić information content (AvgIpc) is 3.27. The summed E-state index contributed by atoms with van der Waals surface area (Å²) in [5.41, 5.74) is 0.513. The van der Waals surface area contributed by atoms with Gasteiger partial charge in [0.2, 0.25) is 5.89 Å². The highest BCUT2D eigenvalue weighted by Crippen LogP contribution is 2.43. The fraction of sp³-hybridized carbons (Fsp3) is 0.842. The number of aliphatic imine (C=N–C) groups is 1. The molecule has 1 aliphatic carbocycles. The molecule has 7 heteroatoms. The summed E-state index contributed by atoms with van der Waals surface area (Å²) < 4.78 is 10.8. The Bertz CT molecular complexity index is 595. The lowest BCUT2D eigenvalue weighted by molar-refractivity contribution is 0.0683. The minimum absolute atomic E-state index is 0.153. The first-order valence-corrected chi connectivity index (χ1v) is 10.1. The summed E-state index contributed by atoms with van der Waals surface area (Å²) in [6.45, 7) is 10.1. The fourth-order valence-electron chi connectivity index (χ4n) is 4.22. The van der Waals surface area contributed by atoms with Crippen molar-refractivity contribution in [2.24, 2.45) is 10.4 Å². The van der Waals surface area contributed by atoms with Crippen LogP contribution in [-0.4, -0.2) is 47.2 Å². The van der Waals surface area contributed by atoms with Crippen LogP contribution in [0.1, 0.15) is 77.1 Å². The zero-order chi connectivity index (χ0) is 18.4. The molecule has 0 radical (unpaired) electrons. The molecule has 0 amide bonds. The monoisotopic (exact) mass is 363 g/mol. The van der Waals surface area contributed by atoms with E-state index in [-0.39, 0.29) is 6.10 Å². The fourth-order valence-corrected chi connectivity index (χ4v) is 4.22. The average molecular weight is 364 g/mol. The van der Waals surface area contributed by atoms with Crippen LogP contribution in [0.25, 0.3) is 0 Å². The van der Waals surface area contributed by atoms with E-state index in [0.717, 1.165) is 25.6 Å². The van der Waals surface area contributed by atoms with Gasteiger partial charge in [0.25, 0.3) is 0 Å². The van der Waals surface area contributed by atoms with Gasteiger partial charge in [0.05, 0.1) is 0 Å². The Labute approximate surface area is 156 Å². The van der Waals surface area contributed by atoms with E-state index in [1.165, 1.54) is 38.5 Å². The predicted molar refractivity (Wildman–Crippen MR) is 101 cm³/mol. The Morgan fingerprint density at radius 2 is 2.12 bits per heavy atom. The third-order valence-electron chi connectivity index (χ3n) is 5.62. The lowest BCUT2D eigenvalue weighted by Gasteiger charge is -2.33. The van der Waals surface area contributed by atoms with Crippen molar-refractivity contribution >= 4 is 5.96 Å². The second-order valence-electron chi connectivity index (χ2n) is 7.55. The van der Waals surface area contributed by atoms with E-state index in [1.807, 2.05) is 13.8 Å². The summed E-state index contributed by atoms with van der Waals surface area (Å²) in [6.07, 6.45) is 8.02. The summed E-state index contributed by atoms with van der Waals surface area (Å²) in [5, 5.41) is 7.44. The van der Waals surface area contributed by atoms with Crippen LogP contribution in [0.2, 0.25) is 0 Å². The van der Waals surface area contributed by atoms with Crippen LogP contribution in [0.3, 0.4) is 0 Å². The molecule has 2 heterocycles. The molecular formula is C19H33N5O2.